The van der Waals surface area contributed by atoms with Gasteiger partial charge in [-0.3, -0.25) is 10.1 Å². The molecule has 0 atom stereocenters. The third kappa shape index (κ3) is 6.56. The summed E-state index contributed by atoms with van der Waals surface area (Å²) >= 11 is 0. The van der Waals surface area contributed by atoms with Crippen molar-refractivity contribution < 1.29 is 9.28 Å². The van der Waals surface area contributed by atoms with Crippen LogP contribution in [0.15, 0.2) is 10.9 Å². The number of nitrogens with one attached hydrogen (secondary N) is 3. The smallest absolute Gasteiger partial charge is 0.321 e. The number of aromatic nitrogens is 2. The van der Waals surface area contributed by atoms with Crippen LogP contribution in [0.3, 0.4) is 0 Å². The zero-order valence-corrected chi connectivity index (χ0v) is 11.9. The van der Waals surface area contributed by atoms with Gasteiger partial charge in [0.05, 0.1) is 27.7 Å². The molecule has 1 aromatic heterocycles. The fourth-order valence-electron chi connectivity index (χ4n) is 1.54. The molecule has 0 aliphatic rings. The first-order valence-corrected chi connectivity index (χ1v) is 6.19. The highest BCUT2D eigenvalue weighted by molar-refractivity contribution is 5.87. The van der Waals surface area contributed by atoms with Crippen LogP contribution in [0.4, 0.5) is 10.7 Å². The minimum Gasteiger partial charge on any atom is -0.338 e. The lowest BCUT2D eigenvalue weighted by Crippen LogP contribution is -2.38. The van der Waals surface area contributed by atoms with Crippen LogP contribution >= 0.6 is 0 Å². The van der Waals surface area contributed by atoms with Crippen molar-refractivity contribution in [3.63, 3.8) is 0 Å². The Balaban J connectivity index is 2.37. The third-order valence-electron chi connectivity index (χ3n) is 2.40. The van der Waals surface area contributed by atoms with E-state index in [9.17, 15) is 9.59 Å². The summed E-state index contributed by atoms with van der Waals surface area (Å²) in [5, 5.41) is 5.22. The fourth-order valence-corrected chi connectivity index (χ4v) is 1.54. The Labute approximate surface area is 112 Å². The van der Waals surface area contributed by atoms with Crippen LogP contribution in [0, 0.1) is 6.92 Å². The van der Waals surface area contributed by atoms with E-state index in [0.717, 1.165) is 17.4 Å². The maximum atomic E-state index is 11.6. The lowest BCUT2D eigenvalue weighted by Gasteiger charge is -2.23. The van der Waals surface area contributed by atoms with Gasteiger partial charge in [-0.25, -0.2) is 4.79 Å². The van der Waals surface area contributed by atoms with Crippen molar-refractivity contribution in [3.8, 4) is 0 Å². The number of hydrogen-bond donors (Lipinski definition) is 3. The molecule has 7 nitrogen and oxygen atoms in total. The molecular weight excluding hydrogens is 246 g/mol. The number of hydrogen-bond acceptors (Lipinski definition) is 3. The number of aryl methyl sites for hydroxylation is 1. The van der Waals surface area contributed by atoms with Crippen molar-refractivity contribution in [2.24, 2.45) is 0 Å². The van der Waals surface area contributed by atoms with Crippen molar-refractivity contribution in [2.75, 3.05) is 39.5 Å². The molecule has 2 amide bonds. The number of aromatic amines is 1. The molecule has 0 bridgehead atoms. The molecule has 3 N–H and O–H groups in total. The Kier molecular flexibility index (Phi) is 5.05. The lowest BCUT2D eigenvalue weighted by molar-refractivity contribution is -0.870. The zero-order chi connectivity index (χ0) is 14.5. The van der Waals surface area contributed by atoms with E-state index in [2.05, 4.69) is 41.7 Å². The van der Waals surface area contributed by atoms with Gasteiger partial charge in [-0.05, 0) is 6.92 Å². The molecule has 0 radical (unpaired) electrons. The van der Waals surface area contributed by atoms with Crippen LogP contribution in [-0.4, -0.2) is 54.7 Å². The highest BCUT2D eigenvalue weighted by atomic mass is 16.2. The number of rotatable bonds is 5. The first-order valence-electron chi connectivity index (χ1n) is 6.19. The molecule has 7 heteroatoms. The van der Waals surface area contributed by atoms with E-state index in [1.807, 2.05) is 0 Å². The van der Waals surface area contributed by atoms with E-state index in [0.29, 0.717) is 12.2 Å². The minimum absolute atomic E-state index is 0.161. The number of amides is 2. The Hall–Kier alpha value is -1.89. The summed E-state index contributed by atoms with van der Waals surface area (Å²) < 4.78 is 0.857. The first-order chi connectivity index (χ1) is 8.76. The van der Waals surface area contributed by atoms with Gasteiger partial charge in [0.15, 0.2) is 0 Å². The van der Waals surface area contributed by atoms with Crippen molar-refractivity contribution >= 4 is 12.0 Å². The van der Waals surface area contributed by atoms with Gasteiger partial charge in [0, 0.05) is 24.7 Å². The third-order valence-corrected chi connectivity index (χ3v) is 2.40. The van der Waals surface area contributed by atoms with Crippen LogP contribution < -0.4 is 16.2 Å². The Morgan fingerprint density at radius 2 is 2.11 bits per heavy atom. The summed E-state index contributed by atoms with van der Waals surface area (Å²) in [5.41, 5.74) is 0.275. The average Bonchev–Trinajstić information content (AvgIpc) is 2.21. The van der Waals surface area contributed by atoms with Crippen LogP contribution in [0.1, 0.15) is 12.1 Å². The van der Waals surface area contributed by atoms with E-state index < -0.39 is 0 Å². The second-order valence-electron chi connectivity index (χ2n) is 5.50. The summed E-state index contributed by atoms with van der Waals surface area (Å²) in [6.07, 6.45) is 0.884. The van der Waals surface area contributed by atoms with Crippen LogP contribution in [0.2, 0.25) is 0 Å². The maximum absolute atomic E-state index is 11.6. The minimum atomic E-state index is -0.378. The number of quaternary nitrogens is 1. The lowest BCUT2D eigenvalue weighted by atomic mass is 10.4. The average molecular weight is 268 g/mol. The van der Waals surface area contributed by atoms with Gasteiger partial charge in [-0.15, -0.1) is 0 Å². The summed E-state index contributed by atoms with van der Waals surface area (Å²) in [6.45, 7) is 3.28. The normalized spacial score (nSPS) is 11.2. The number of urea groups is 1. The van der Waals surface area contributed by atoms with E-state index in [-0.39, 0.29) is 17.5 Å². The molecule has 0 fully saturated rings. The van der Waals surface area contributed by atoms with Crippen molar-refractivity contribution in [1.29, 1.82) is 0 Å². The molecule has 0 aromatic carbocycles. The zero-order valence-electron chi connectivity index (χ0n) is 11.9. The topological polar surface area (TPSA) is 86.9 Å². The van der Waals surface area contributed by atoms with Crippen LogP contribution in [-0.2, 0) is 0 Å². The van der Waals surface area contributed by atoms with Gasteiger partial charge in [0.2, 0.25) is 5.95 Å². The van der Waals surface area contributed by atoms with Crippen LogP contribution in [0.25, 0.3) is 0 Å². The Bertz CT molecular complexity index is 490. The van der Waals surface area contributed by atoms with Gasteiger partial charge in [-0.2, -0.15) is 4.98 Å². The molecule has 0 unspecified atom stereocenters. The second-order valence-corrected chi connectivity index (χ2v) is 5.50. The van der Waals surface area contributed by atoms with E-state index in [1.165, 1.54) is 6.07 Å². The van der Waals surface area contributed by atoms with E-state index >= 15 is 0 Å². The Morgan fingerprint density at radius 1 is 1.42 bits per heavy atom. The predicted molar refractivity (Wildman–Crippen MR) is 74.1 cm³/mol. The highest BCUT2D eigenvalue weighted by Gasteiger charge is 2.07. The number of carbonyl (C=O) groups excluding carboxylic acids is 1. The highest BCUT2D eigenvalue weighted by Crippen LogP contribution is 1.96. The molecule has 0 saturated carbocycles. The molecule has 0 aliphatic heterocycles. The molecule has 1 heterocycles. The molecule has 106 valence electrons. The fraction of sp³-hybridized carbons (Fsp3) is 0.583. The molecular formula is C12H22N5O2+. The first kappa shape index (κ1) is 15.2. The van der Waals surface area contributed by atoms with Crippen molar-refractivity contribution in [1.82, 2.24) is 15.3 Å². The SMILES string of the molecule is Cc1cc(=O)nc(NC(=O)NCCC[N+](C)(C)C)[nH]1. The van der Waals surface area contributed by atoms with Gasteiger partial charge < -0.3 is 14.8 Å². The molecule has 1 rings (SSSR count). The standard InChI is InChI=1S/C12H21N5O2/c1-9-8-10(18)15-11(14-9)16-12(19)13-6-5-7-17(2,3)4/h8H,5-7H2,1-4H3,(H2-,13,14,15,16,18,19)/p+1. The quantitative estimate of drug-likeness (QED) is 0.530. The van der Waals surface area contributed by atoms with Gasteiger partial charge in [0.25, 0.3) is 5.56 Å². The molecule has 0 spiro atoms. The summed E-state index contributed by atoms with van der Waals surface area (Å²) in [5.74, 6) is 0.161. The maximum Gasteiger partial charge on any atom is 0.321 e. The van der Waals surface area contributed by atoms with E-state index in [4.69, 9.17) is 0 Å². The van der Waals surface area contributed by atoms with Crippen molar-refractivity contribution in [3.05, 3.63) is 22.1 Å². The van der Waals surface area contributed by atoms with Crippen molar-refractivity contribution in [2.45, 2.75) is 13.3 Å². The second kappa shape index (κ2) is 6.33. The molecule has 1 aromatic rings. The number of carbonyl (C=O) groups is 1. The van der Waals surface area contributed by atoms with Gasteiger partial charge in [0.1, 0.15) is 0 Å². The van der Waals surface area contributed by atoms with Gasteiger partial charge in [-0.1, -0.05) is 0 Å². The Morgan fingerprint density at radius 3 is 2.68 bits per heavy atom. The number of anilines is 1. The largest absolute Gasteiger partial charge is 0.338 e. The van der Waals surface area contributed by atoms with Crippen LogP contribution in [0.5, 0.6) is 0 Å². The predicted octanol–water partition coefficient (Wildman–Crippen LogP) is 0.296. The monoisotopic (exact) mass is 268 g/mol. The molecule has 0 aliphatic carbocycles. The number of nitrogens with zero attached hydrogens (tertiary/aromatic N) is 2. The van der Waals surface area contributed by atoms with E-state index in [1.54, 1.807) is 6.92 Å². The summed E-state index contributed by atoms with van der Waals surface area (Å²) in [6, 6.07) is 1.000. The number of H-pyrrole nitrogens is 1. The van der Waals surface area contributed by atoms with Gasteiger partial charge >= 0.3 is 6.03 Å². The molecule has 19 heavy (non-hydrogen) atoms. The summed E-state index contributed by atoms with van der Waals surface area (Å²) in [7, 11) is 6.30. The molecule has 0 saturated heterocycles. The summed E-state index contributed by atoms with van der Waals surface area (Å²) in [4.78, 5) is 29.2.